The second-order valence-electron chi connectivity index (χ2n) is 8.64. The fraction of sp³-hybridized carbons (Fsp3) is 0.269. The Morgan fingerprint density at radius 2 is 2.06 bits per heavy atom. The Hall–Kier alpha value is -4.11. The molecule has 1 amide bonds. The maximum atomic E-state index is 13.5. The lowest BCUT2D eigenvalue weighted by molar-refractivity contribution is -0.194. The summed E-state index contributed by atoms with van der Waals surface area (Å²) in [4.78, 5) is 46.7. The minimum absolute atomic E-state index is 0.156. The summed E-state index contributed by atoms with van der Waals surface area (Å²) in [6.45, 7) is 2.34. The fourth-order valence-corrected chi connectivity index (χ4v) is 4.40. The van der Waals surface area contributed by atoms with Gasteiger partial charge in [-0.25, -0.2) is 9.78 Å². The molecule has 2 aromatic carbocycles. The number of carboxylic acids is 1. The number of carbonyl (C=O) groups is 2. The number of hydrogen-bond donors (Lipinski definition) is 4. The van der Waals surface area contributed by atoms with E-state index in [9.17, 15) is 14.7 Å². The first-order valence-corrected chi connectivity index (χ1v) is 11.5. The number of aromatic nitrogens is 3. The highest BCUT2D eigenvalue weighted by Gasteiger charge is 2.29. The molecule has 2 aromatic heterocycles. The predicted molar refractivity (Wildman–Crippen MR) is 128 cm³/mol. The lowest BCUT2D eigenvalue weighted by Gasteiger charge is -2.21. The highest BCUT2D eigenvalue weighted by atomic mass is 17.2. The Balaban J connectivity index is 1.41. The number of carboxylic acid groups (broad SMARTS) is 1. The zero-order valence-electron chi connectivity index (χ0n) is 19.2. The topological polar surface area (TPSA) is 129 Å². The zero-order chi connectivity index (χ0) is 24.4. The average molecular weight is 475 g/mol. The molecule has 5 rings (SSSR count). The van der Waals surface area contributed by atoms with Crippen LogP contribution >= 0.6 is 0 Å². The highest BCUT2D eigenvalue weighted by molar-refractivity contribution is 5.89. The first-order chi connectivity index (χ1) is 17.0. The number of carbonyl (C=O) groups excluding carboxylic acids is 1. The van der Waals surface area contributed by atoms with Crippen molar-refractivity contribution >= 4 is 22.8 Å². The number of aryl methyl sites for hydroxylation is 1. The van der Waals surface area contributed by atoms with Crippen LogP contribution in [0.5, 0.6) is 5.75 Å². The summed E-state index contributed by atoms with van der Waals surface area (Å²) in [5, 5.41) is 13.6. The van der Waals surface area contributed by atoms with Gasteiger partial charge >= 0.3 is 5.97 Å². The quantitative estimate of drug-likeness (QED) is 0.275. The molecule has 4 N–H and O–H groups in total. The van der Waals surface area contributed by atoms with Gasteiger partial charge in [0, 0.05) is 53.8 Å². The van der Waals surface area contributed by atoms with E-state index < -0.39 is 17.9 Å². The average Bonchev–Trinajstić information content (AvgIpc) is 3.61. The number of fused-ring (bicyclic) bond motifs is 2. The number of rotatable bonds is 9. The number of benzene rings is 2. The van der Waals surface area contributed by atoms with E-state index in [2.05, 4.69) is 20.3 Å². The van der Waals surface area contributed by atoms with Crippen molar-refractivity contribution in [3.8, 4) is 5.75 Å². The van der Waals surface area contributed by atoms with E-state index in [0.29, 0.717) is 24.3 Å². The van der Waals surface area contributed by atoms with Gasteiger partial charge < -0.3 is 25.3 Å². The smallest absolute Gasteiger partial charge is 0.326 e. The van der Waals surface area contributed by atoms with Crippen molar-refractivity contribution in [3.63, 3.8) is 0 Å². The molecule has 0 saturated heterocycles. The van der Waals surface area contributed by atoms with Gasteiger partial charge in [-0.15, -0.1) is 0 Å². The van der Waals surface area contributed by atoms with E-state index in [1.165, 1.54) is 0 Å². The van der Waals surface area contributed by atoms with Gasteiger partial charge in [0.2, 0.25) is 5.91 Å². The minimum atomic E-state index is -1.09. The Labute approximate surface area is 201 Å². The van der Waals surface area contributed by atoms with Gasteiger partial charge in [-0.05, 0) is 23.3 Å². The molecule has 9 nitrogen and oxygen atoms in total. The van der Waals surface area contributed by atoms with Gasteiger partial charge in [0.1, 0.15) is 18.5 Å². The molecular formula is C26H26N4O5. The minimum Gasteiger partial charge on any atom is -0.480 e. The summed E-state index contributed by atoms with van der Waals surface area (Å²) in [6.07, 6.45) is 4.74. The number of hydrogen-bond acceptors (Lipinski definition) is 5. The third-order valence-electron chi connectivity index (χ3n) is 6.33. The van der Waals surface area contributed by atoms with Gasteiger partial charge in [-0.2, -0.15) is 4.89 Å². The first-order valence-electron chi connectivity index (χ1n) is 11.5. The Kier molecular flexibility index (Phi) is 6.24. The fourth-order valence-electron chi connectivity index (χ4n) is 4.40. The van der Waals surface area contributed by atoms with E-state index >= 15 is 0 Å². The molecule has 0 radical (unpaired) electrons. The van der Waals surface area contributed by atoms with Crippen molar-refractivity contribution in [2.75, 3.05) is 0 Å². The van der Waals surface area contributed by atoms with Crippen LogP contribution in [0.4, 0.5) is 0 Å². The summed E-state index contributed by atoms with van der Waals surface area (Å²) in [5.41, 5.74) is 4.14. The zero-order valence-corrected chi connectivity index (χ0v) is 19.2. The van der Waals surface area contributed by atoms with E-state index in [1.54, 1.807) is 18.5 Å². The molecule has 1 aliphatic rings. The number of aliphatic carboxylic acids is 1. The number of para-hydroxylation sites is 1. The van der Waals surface area contributed by atoms with Crippen LogP contribution in [0, 0.1) is 0 Å². The molecule has 0 aliphatic carbocycles. The van der Waals surface area contributed by atoms with Crippen molar-refractivity contribution in [1.82, 2.24) is 20.3 Å². The van der Waals surface area contributed by atoms with E-state index in [-0.39, 0.29) is 12.3 Å². The van der Waals surface area contributed by atoms with Crippen LogP contribution in [0.3, 0.4) is 0 Å². The lowest BCUT2D eigenvalue weighted by Crippen LogP contribution is -2.44. The van der Waals surface area contributed by atoms with E-state index in [1.807, 2.05) is 43.3 Å². The van der Waals surface area contributed by atoms with Crippen molar-refractivity contribution in [2.45, 2.75) is 44.8 Å². The third kappa shape index (κ3) is 4.76. The number of amides is 1. The SMILES string of the molecule is CCc1ncc(C[C@H](C(=O)N[C@@H](Cc2c[nH]c3ccccc23)C(=O)O)c2ccc3c(c2)OOC3)[nH]1. The first kappa shape index (κ1) is 22.7. The lowest BCUT2D eigenvalue weighted by atomic mass is 9.91. The van der Waals surface area contributed by atoms with Crippen molar-refractivity contribution in [3.05, 3.63) is 83.1 Å². The number of aromatic amines is 2. The second kappa shape index (κ2) is 9.63. The molecule has 0 fully saturated rings. The summed E-state index contributed by atoms with van der Waals surface area (Å²) >= 11 is 0. The summed E-state index contributed by atoms with van der Waals surface area (Å²) in [5.74, 6) is -0.744. The van der Waals surface area contributed by atoms with Crippen molar-refractivity contribution in [2.24, 2.45) is 0 Å². The Morgan fingerprint density at radius 1 is 1.20 bits per heavy atom. The molecule has 0 unspecified atom stereocenters. The van der Waals surface area contributed by atoms with Gasteiger partial charge in [-0.3, -0.25) is 4.79 Å². The Bertz CT molecular complexity index is 1380. The molecule has 0 saturated carbocycles. The highest BCUT2D eigenvalue weighted by Crippen LogP contribution is 2.31. The van der Waals surface area contributed by atoms with Crippen LogP contribution in [-0.4, -0.2) is 38.0 Å². The number of nitrogens with zero attached hydrogens (tertiary/aromatic N) is 1. The van der Waals surface area contributed by atoms with Gasteiger partial charge in [-0.1, -0.05) is 37.3 Å². The molecule has 3 heterocycles. The van der Waals surface area contributed by atoms with Crippen LogP contribution in [-0.2, 0) is 40.3 Å². The standard InChI is InChI=1S/C26H26N4O5/c1-2-24-28-13-18(29-24)11-20(15-7-8-16-14-34-35-23(16)10-15)25(31)30-22(26(32)33)9-17-12-27-21-6-4-3-5-19(17)21/h3-8,10,12-13,20,22,27H,2,9,11,14H2,1H3,(H,28,29)(H,30,31)(H,32,33)/t20-,22-/m0/s1. The van der Waals surface area contributed by atoms with Gasteiger partial charge in [0.15, 0.2) is 5.75 Å². The largest absolute Gasteiger partial charge is 0.480 e. The molecule has 0 bridgehead atoms. The maximum Gasteiger partial charge on any atom is 0.326 e. The number of nitrogens with one attached hydrogen (secondary N) is 3. The number of H-pyrrole nitrogens is 2. The molecular weight excluding hydrogens is 448 g/mol. The predicted octanol–water partition coefficient (Wildman–Crippen LogP) is 3.42. The molecule has 1 aliphatic heterocycles. The number of imidazole rings is 1. The van der Waals surface area contributed by atoms with Crippen LogP contribution in [0.2, 0.25) is 0 Å². The molecule has 4 aromatic rings. The van der Waals surface area contributed by atoms with Crippen molar-refractivity contribution < 1.29 is 24.5 Å². The summed E-state index contributed by atoms with van der Waals surface area (Å²) < 4.78 is 0. The second-order valence-corrected chi connectivity index (χ2v) is 8.64. The van der Waals surface area contributed by atoms with E-state index in [4.69, 9.17) is 9.78 Å². The van der Waals surface area contributed by atoms with Crippen molar-refractivity contribution in [1.29, 1.82) is 0 Å². The summed E-state index contributed by atoms with van der Waals surface area (Å²) in [6, 6.07) is 12.1. The monoisotopic (exact) mass is 474 g/mol. The van der Waals surface area contributed by atoms with E-state index in [0.717, 1.165) is 40.0 Å². The Morgan fingerprint density at radius 3 is 2.86 bits per heavy atom. The molecule has 35 heavy (non-hydrogen) atoms. The molecule has 9 heteroatoms. The van der Waals surface area contributed by atoms with Gasteiger partial charge in [0.05, 0.1) is 5.92 Å². The maximum absolute atomic E-state index is 13.5. The third-order valence-corrected chi connectivity index (χ3v) is 6.33. The molecule has 0 spiro atoms. The summed E-state index contributed by atoms with van der Waals surface area (Å²) in [7, 11) is 0. The van der Waals surface area contributed by atoms with Crippen LogP contribution in [0.1, 0.15) is 41.1 Å². The van der Waals surface area contributed by atoms with Crippen LogP contribution in [0.15, 0.2) is 54.9 Å². The molecule has 180 valence electrons. The van der Waals surface area contributed by atoms with Crippen LogP contribution in [0.25, 0.3) is 10.9 Å². The molecule has 2 atom stereocenters. The normalized spacial score (nSPS) is 14.3. The van der Waals surface area contributed by atoms with Crippen LogP contribution < -0.4 is 10.2 Å². The van der Waals surface area contributed by atoms with Gasteiger partial charge in [0.25, 0.3) is 0 Å².